The van der Waals surface area contributed by atoms with Crippen molar-refractivity contribution in [2.24, 2.45) is 0 Å². The largest absolute Gasteiger partial charge is 0.383 e. The average molecular weight is 273 g/mol. The second-order valence-corrected chi connectivity index (χ2v) is 4.39. The minimum atomic E-state index is -0.585. The molecular weight excluding hydrogens is 257 g/mol. The van der Waals surface area contributed by atoms with E-state index in [2.05, 4.69) is 17.2 Å². The number of hydrogen-bond acceptors (Lipinski definition) is 3. The molecule has 0 saturated heterocycles. The van der Waals surface area contributed by atoms with E-state index in [1.807, 2.05) is 24.3 Å². The van der Waals surface area contributed by atoms with Crippen LogP contribution in [0.3, 0.4) is 0 Å². The molecule has 1 aromatic heterocycles. The molecule has 20 heavy (non-hydrogen) atoms. The van der Waals surface area contributed by atoms with Gasteiger partial charge in [-0.3, -0.25) is 4.79 Å². The van der Waals surface area contributed by atoms with Crippen LogP contribution in [0.25, 0.3) is 0 Å². The number of rotatable bonds is 4. The van der Waals surface area contributed by atoms with Crippen LogP contribution in [0.15, 0.2) is 36.5 Å². The first-order valence-corrected chi connectivity index (χ1v) is 6.37. The summed E-state index contributed by atoms with van der Waals surface area (Å²) in [5.41, 5.74) is 7.83. The highest BCUT2D eigenvalue weighted by Crippen LogP contribution is 2.12. The van der Waals surface area contributed by atoms with E-state index in [4.69, 9.17) is 5.73 Å². The number of carbonyl (C=O) groups is 1. The molecule has 1 aromatic carbocycles. The molecule has 0 aliphatic carbocycles. The molecule has 0 aliphatic rings. The predicted molar refractivity (Wildman–Crippen MR) is 75.6 cm³/mol. The standard InChI is InChI=1S/C15H16FN3O/c1-2-10-5-3-4-6-11(10)8-19-15(20)13-7-12(16)9-18-14(13)17/h3-7,9H,2,8H2,1H3,(H2,17,18)(H,19,20). The van der Waals surface area contributed by atoms with Crippen LogP contribution in [0.4, 0.5) is 10.2 Å². The summed E-state index contributed by atoms with van der Waals surface area (Å²) in [5, 5.41) is 2.73. The second kappa shape index (κ2) is 6.14. The molecule has 0 radical (unpaired) electrons. The Balaban J connectivity index is 2.11. The van der Waals surface area contributed by atoms with Crippen LogP contribution in [-0.4, -0.2) is 10.9 Å². The lowest BCUT2D eigenvalue weighted by Gasteiger charge is -2.10. The average Bonchev–Trinajstić information content (AvgIpc) is 2.47. The van der Waals surface area contributed by atoms with Crippen molar-refractivity contribution in [3.8, 4) is 0 Å². The van der Waals surface area contributed by atoms with Crippen molar-refractivity contribution in [2.45, 2.75) is 19.9 Å². The minimum Gasteiger partial charge on any atom is -0.383 e. The summed E-state index contributed by atoms with van der Waals surface area (Å²) < 4.78 is 13.1. The highest BCUT2D eigenvalue weighted by Gasteiger charge is 2.12. The molecule has 2 rings (SSSR count). The van der Waals surface area contributed by atoms with E-state index in [1.165, 1.54) is 0 Å². The molecule has 0 aliphatic heterocycles. The smallest absolute Gasteiger partial charge is 0.255 e. The predicted octanol–water partition coefficient (Wildman–Crippen LogP) is 2.30. The second-order valence-electron chi connectivity index (χ2n) is 4.39. The van der Waals surface area contributed by atoms with Crippen molar-refractivity contribution >= 4 is 11.7 Å². The van der Waals surface area contributed by atoms with Gasteiger partial charge in [-0.2, -0.15) is 0 Å². The Bertz CT molecular complexity index is 628. The number of benzene rings is 1. The number of nitrogens with one attached hydrogen (secondary N) is 1. The quantitative estimate of drug-likeness (QED) is 0.898. The van der Waals surface area contributed by atoms with Crippen LogP contribution in [0.1, 0.15) is 28.4 Å². The third-order valence-corrected chi connectivity index (χ3v) is 3.07. The van der Waals surface area contributed by atoms with Crippen LogP contribution in [0.5, 0.6) is 0 Å². The van der Waals surface area contributed by atoms with Crippen molar-refractivity contribution in [1.82, 2.24) is 10.3 Å². The summed E-state index contributed by atoms with van der Waals surface area (Å²) in [6.07, 6.45) is 1.87. The van der Waals surface area contributed by atoms with Crippen LogP contribution in [0.2, 0.25) is 0 Å². The van der Waals surface area contributed by atoms with Gasteiger partial charge in [-0.05, 0) is 23.6 Å². The molecule has 4 nitrogen and oxygen atoms in total. The van der Waals surface area contributed by atoms with E-state index in [1.54, 1.807) is 0 Å². The van der Waals surface area contributed by atoms with Crippen LogP contribution >= 0.6 is 0 Å². The fourth-order valence-corrected chi connectivity index (χ4v) is 1.98. The number of nitrogens with two attached hydrogens (primary N) is 1. The summed E-state index contributed by atoms with van der Waals surface area (Å²) in [7, 11) is 0. The first-order chi connectivity index (χ1) is 9.61. The van der Waals surface area contributed by atoms with Crippen molar-refractivity contribution in [2.75, 3.05) is 5.73 Å². The monoisotopic (exact) mass is 273 g/mol. The molecule has 0 unspecified atom stereocenters. The molecule has 104 valence electrons. The van der Waals surface area contributed by atoms with E-state index in [-0.39, 0.29) is 11.4 Å². The number of halogens is 1. The van der Waals surface area contributed by atoms with E-state index >= 15 is 0 Å². The third-order valence-electron chi connectivity index (χ3n) is 3.07. The number of pyridine rings is 1. The zero-order valence-corrected chi connectivity index (χ0v) is 11.2. The first-order valence-electron chi connectivity index (χ1n) is 6.37. The molecule has 3 N–H and O–H groups in total. The van der Waals surface area contributed by atoms with Gasteiger partial charge in [0, 0.05) is 6.54 Å². The van der Waals surface area contributed by atoms with Crippen molar-refractivity contribution < 1.29 is 9.18 Å². The van der Waals surface area contributed by atoms with Crippen LogP contribution in [-0.2, 0) is 13.0 Å². The molecular formula is C15H16FN3O. The molecule has 1 heterocycles. The van der Waals surface area contributed by atoms with E-state index < -0.39 is 11.7 Å². The zero-order valence-electron chi connectivity index (χ0n) is 11.2. The van der Waals surface area contributed by atoms with Crippen LogP contribution in [0, 0.1) is 5.82 Å². The number of amides is 1. The summed E-state index contributed by atoms with van der Waals surface area (Å²) in [6.45, 7) is 2.42. The number of aromatic nitrogens is 1. The van der Waals surface area contributed by atoms with Gasteiger partial charge < -0.3 is 11.1 Å². The van der Waals surface area contributed by atoms with E-state index in [0.29, 0.717) is 6.54 Å². The third kappa shape index (κ3) is 3.12. The number of carbonyl (C=O) groups excluding carboxylic acids is 1. The molecule has 0 atom stereocenters. The Morgan fingerprint density at radius 1 is 1.35 bits per heavy atom. The normalized spacial score (nSPS) is 10.3. The summed E-state index contributed by atoms with van der Waals surface area (Å²) in [5.74, 6) is -0.994. The molecule has 0 bridgehead atoms. The van der Waals surface area contributed by atoms with E-state index in [9.17, 15) is 9.18 Å². The van der Waals surface area contributed by atoms with Gasteiger partial charge in [-0.25, -0.2) is 9.37 Å². The maximum atomic E-state index is 13.1. The highest BCUT2D eigenvalue weighted by molar-refractivity contribution is 5.98. The first kappa shape index (κ1) is 14.0. The molecule has 0 spiro atoms. The Hall–Kier alpha value is -2.43. The number of nitrogens with zero attached hydrogens (tertiary/aromatic N) is 1. The maximum Gasteiger partial charge on any atom is 0.255 e. The number of hydrogen-bond donors (Lipinski definition) is 2. The lowest BCUT2D eigenvalue weighted by atomic mass is 10.1. The topological polar surface area (TPSA) is 68.0 Å². The minimum absolute atomic E-state index is 0.0210. The molecule has 2 aromatic rings. The lowest BCUT2D eigenvalue weighted by Crippen LogP contribution is -2.24. The fourth-order valence-electron chi connectivity index (χ4n) is 1.98. The SMILES string of the molecule is CCc1ccccc1CNC(=O)c1cc(F)cnc1N. The summed E-state index contributed by atoms with van der Waals surface area (Å²) >= 11 is 0. The van der Waals surface area contributed by atoms with Crippen molar-refractivity contribution in [1.29, 1.82) is 0 Å². The molecule has 5 heteroatoms. The van der Waals surface area contributed by atoms with Crippen molar-refractivity contribution in [3.05, 3.63) is 59.0 Å². The fraction of sp³-hybridized carbons (Fsp3) is 0.200. The summed E-state index contributed by atoms with van der Waals surface area (Å²) in [4.78, 5) is 15.6. The number of aryl methyl sites for hydroxylation is 1. The van der Waals surface area contributed by atoms with Gasteiger partial charge in [0.2, 0.25) is 0 Å². The van der Waals surface area contributed by atoms with Gasteiger partial charge in [0.05, 0.1) is 11.8 Å². The molecule has 1 amide bonds. The number of nitrogen functional groups attached to an aromatic ring is 1. The van der Waals surface area contributed by atoms with Gasteiger partial charge in [0.25, 0.3) is 5.91 Å². The van der Waals surface area contributed by atoms with E-state index in [0.717, 1.165) is 29.8 Å². The highest BCUT2D eigenvalue weighted by atomic mass is 19.1. The Morgan fingerprint density at radius 2 is 2.05 bits per heavy atom. The summed E-state index contributed by atoms with van der Waals surface area (Å²) in [6, 6.07) is 8.92. The Kier molecular flexibility index (Phi) is 4.30. The number of anilines is 1. The molecule has 0 fully saturated rings. The van der Waals surface area contributed by atoms with Gasteiger partial charge >= 0.3 is 0 Å². The lowest BCUT2D eigenvalue weighted by molar-refractivity contribution is 0.0951. The molecule has 0 saturated carbocycles. The van der Waals surface area contributed by atoms with Gasteiger partial charge in [-0.1, -0.05) is 31.2 Å². The van der Waals surface area contributed by atoms with Gasteiger partial charge in [-0.15, -0.1) is 0 Å². The maximum absolute atomic E-state index is 13.1. The Morgan fingerprint density at radius 3 is 2.75 bits per heavy atom. The van der Waals surface area contributed by atoms with Crippen LogP contribution < -0.4 is 11.1 Å². The van der Waals surface area contributed by atoms with Gasteiger partial charge in [0.15, 0.2) is 0 Å². The van der Waals surface area contributed by atoms with Gasteiger partial charge in [0.1, 0.15) is 11.6 Å². The zero-order chi connectivity index (χ0) is 14.5. The Labute approximate surface area is 116 Å². The van der Waals surface area contributed by atoms with Crippen molar-refractivity contribution in [3.63, 3.8) is 0 Å².